The van der Waals surface area contributed by atoms with Crippen molar-refractivity contribution >= 4 is 10.9 Å². The molecule has 2 heterocycles. The molecule has 3 aromatic rings. The molecule has 0 saturated carbocycles. The first kappa shape index (κ1) is 9.90. The number of para-hydroxylation sites is 1. The monoisotopic (exact) mass is 224 g/mol. The number of pyridine rings is 2. The van der Waals surface area contributed by atoms with Gasteiger partial charge in [-0.15, -0.1) is 0 Å². The van der Waals surface area contributed by atoms with Crippen LogP contribution in [0.2, 0.25) is 0 Å². The van der Waals surface area contributed by atoms with E-state index in [-0.39, 0.29) is 5.82 Å². The van der Waals surface area contributed by atoms with E-state index in [9.17, 15) is 4.39 Å². The molecular weight excluding hydrogens is 215 g/mol. The lowest BCUT2D eigenvalue weighted by molar-refractivity contribution is 0.628. The quantitative estimate of drug-likeness (QED) is 0.632. The largest absolute Gasteiger partial charge is 0.265 e. The average molecular weight is 224 g/mol. The van der Waals surface area contributed by atoms with Gasteiger partial charge in [-0.25, -0.2) is 9.37 Å². The van der Waals surface area contributed by atoms with Crippen LogP contribution in [-0.2, 0) is 0 Å². The third-order valence-electron chi connectivity index (χ3n) is 2.63. The predicted octanol–water partition coefficient (Wildman–Crippen LogP) is 3.44. The van der Waals surface area contributed by atoms with E-state index in [4.69, 9.17) is 0 Å². The van der Waals surface area contributed by atoms with Gasteiger partial charge in [-0.3, -0.25) is 4.98 Å². The van der Waals surface area contributed by atoms with Crippen LogP contribution in [0, 0.1) is 5.82 Å². The van der Waals surface area contributed by atoms with E-state index in [1.165, 1.54) is 6.07 Å². The SMILES string of the molecule is Fc1cc2ccccc2nc1-c1ccncc1. The summed E-state index contributed by atoms with van der Waals surface area (Å²) in [6.45, 7) is 0. The number of hydrogen-bond acceptors (Lipinski definition) is 2. The van der Waals surface area contributed by atoms with Crippen molar-refractivity contribution in [1.29, 1.82) is 0 Å². The molecule has 82 valence electrons. The molecule has 0 atom stereocenters. The number of benzene rings is 1. The molecule has 0 spiro atoms. The van der Waals surface area contributed by atoms with Crippen LogP contribution in [0.3, 0.4) is 0 Å². The van der Waals surface area contributed by atoms with Crippen LogP contribution < -0.4 is 0 Å². The van der Waals surface area contributed by atoms with Crippen molar-refractivity contribution in [2.75, 3.05) is 0 Å². The molecule has 0 unspecified atom stereocenters. The highest BCUT2D eigenvalue weighted by molar-refractivity contribution is 5.81. The van der Waals surface area contributed by atoms with Crippen molar-refractivity contribution in [1.82, 2.24) is 9.97 Å². The Labute approximate surface area is 97.8 Å². The van der Waals surface area contributed by atoms with Crippen molar-refractivity contribution in [3.05, 3.63) is 60.7 Å². The molecule has 17 heavy (non-hydrogen) atoms. The zero-order valence-corrected chi connectivity index (χ0v) is 8.97. The topological polar surface area (TPSA) is 25.8 Å². The summed E-state index contributed by atoms with van der Waals surface area (Å²) in [7, 11) is 0. The summed E-state index contributed by atoms with van der Waals surface area (Å²) >= 11 is 0. The maximum Gasteiger partial charge on any atom is 0.150 e. The number of halogens is 1. The van der Waals surface area contributed by atoms with Gasteiger partial charge in [0.05, 0.1) is 5.52 Å². The molecule has 0 fully saturated rings. The maximum absolute atomic E-state index is 13.9. The van der Waals surface area contributed by atoms with Crippen LogP contribution in [0.5, 0.6) is 0 Å². The summed E-state index contributed by atoms with van der Waals surface area (Å²) in [5, 5.41) is 0.808. The third-order valence-corrected chi connectivity index (χ3v) is 2.63. The highest BCUT2D eigenvalue weighted by atomic mass is 19.1. The number of fused-ring (bicyclic) bond motifs is 1. The summed E-state index contributed by atoms with van der Waals surface area (Å²) in [4.78, 5) is 8.25. The average Bonchev–Trinajstić information content (AvgIpc) is 2.39. The number of nitrogens with zero attached hydrogens (tertiary/aromatic N) is 2. The Balaban J connectivity index is 2.27. The molecule has 0 aliphatic heterocycles. The number of hydrogen-bond donors (Lipinski definition) is 0. The Hall–Kier alpha value is -2.29. The third kappa shape index (κ3) is 1.76. The van der Waals surface area contributed by atoms with Gasteiger partial charge in [0.2, 0.25) is 0 Å². The summed E-state index contributed by atoms with van der Waals surface area (Å²) in [5.74, 6) is -0.310. The fraction of sp³-hybridized carbons (Fsp3) is 0. The van der Waals surface area contributed by atoms with Crippen LogP contribution in [0.1, 0.15) is 0 Å². The van der Waals surface area contributed by atoms with Crippen molar-refractivity contribution in [3.63, 3.8) is 0 Å². The Morgan fingerprint density at radius 1 is 0.941 bits per heavy atom. The van der Waals surface area contributed by atoms with E-state index >= 15 is 0 Å². The minimum absolute atomic E-state index is 0.310. The van der Waals surface area contributed by atoms with Gasteiger partial charge in [-0.2, -0.15) is 0 Å². The summed E-state index contributed by atoms with van der Waals surface area (Å²) in [5.41, 5.74) is 1.90. The Bertz CT molecular complexity index is 665. The highest BCUT2D eigenvalue weighted by Crippen LogP contribution is 2.23. The molecule has 3 heteroatoms. The fourth-order valence-corrected chi connectivity index (χ4v) is 1.80. The van der Waals surface area contributed by atoms with Crippen molar-refractivity contribution in [2.45, 2.75) is 0 Å². The van der Waals surface area contributed by atoms with E-state index in [0.29, 0.717) is 5.69 Å². The van der Waals surface area contributed by atoms with Crippen molar-refractivity contribution < 1.29 is 4.39 Å². The van der Waals surface area contributed by atoms with Gasteiger partial charge in [0.25, 0.3) is 0 Å². The highest BCUT2D eigenvalue weighted by Gasteiger charge is 2.08. The van der Waals surface area contributed by atoms with Crippen molar-refractivity contribution in [2.24, 2.45) is 0 Å². The standard InChI is InChI=1S/C14H9FN2/c15-12-9-11-3-1-2-4-13(11)17-14(12)10-5-7-16-8-6-10/h1-9H. The van der Waals surface area contributed by atoms with E-state index in [2.05, 4.69) is 9.97 Å². The lowest BCUT2D eigenvalue weighted by Crippen LogP contribution is -1.90. The zero-order chi connectivity index (χ0) is 11.7. The van der Waals surface area contributed by atoms with E-state index < -0.39 is 0 Å². The number of rotatable bonds is 1. The van der Waals surface area contributed by atoms with Crippen molar-refractivity contribution in [3.8, 4) is 11.3 Å². The minimum atomic E-state index is -0.310. The summed E-state index contributed by atoms with van der Waals surface area (Å²) in [6.07, 6.45) is 3.26. The Morgan fingerprint density at radius 2 is 1.71 bits per heavy atom. The number of aromatic nitrogens is 2. The molecule has 0 amide bonds. The summed E-state index contributed by atoms with van der Waals surface area (Å²) < 4.78 is 13.9. The first-order valence-corrected chi connectivity index (χ1v) is 5.30. The van der Waals surface area contributed by atoms with Crippen LogP contribution >= 0.6 is 0 Å². The molecule has 0 radical (unpaired) electrons. The maximum atomic E-state index is 13.9. The lowest BCUT2D eigenvalue weighted by Gasteiger charge is -2.04. The normalized spacial score (nSPS) is 10.6. The molecule has 0 saturated heterocycles. The fourth-order valence-electron chi connectivity index (χ4n) is 1.80. The van der Waals surface area contributed by atoms with Crippen LogP contribution in [0.4, 0.5) is 4.39 Å². The van der Waals surface area contributed by atoms with Gasteiger partial charge in [-0.05, 0) is 24.3 Å². The smallest absolute Gasteiger partial charge is 0.150 e. The van der Waals surface area contributed by atoms with Gasteiger partial charge < -0.3 is 0 Å². The van der Waals surface area contributed by atoms with Gasteiger partial charge in [0.15, 0.2) is 0 Å². The van der Waals surface area contributed by atoms with Gasteiger partial charge >= 0.3 is 0 Å². The lowest BCUT2D eigenvalue weighted by atomic mass is 10.1. The molecule has 0 aliphatic carbocycles. The predicted molar refractivity (Wildman–Crippen MR) is 64.9 cm³/mol. The zero-order valence-electron chi connectivity index (χ0n) is 8.97. The second kappa shape index (κ2) is 3.94. The van der Waals surface area contributed by atoms with Crippen LogP contribution in [0.25, 0.3) is 22.2 Å². The van der Waals surface area contributed by atoms with E-state index in [1.807, 2.05) is 24.3 Å². The molecular formula is C14H9FN2. The first-order valence-electron chi connectivity index (χ1n) is 5.30. The molecule has 0 bridgehead atoms. The second-order valence-corrected chi connectivity index (χ2v) is 3.75. The first-order chi connectivity index (χ1) is 8.34. The van der Waals surface area contributed by atoms with Crippen LogP contribution in [-0.4, -0.2) is 9.97 Å². The van der Waals surface area contributed by atoms with E-state index in [0.717, 1.165) is 16.5 Å². The molecule has 0 aliphatic rings. The van der Waals surface area contributed by atoms with Gasteiger partial charge in [-0.1, -0.05) is 18.2 Å². The van der Waals surface area contributed by atoms with E-state index in [1.54, 1.807) is 24.5 Å². The second-order valence-electron chi connectivity index (χ2n) is 3.75. The van der Waals surface area contributed by atoms with Gasteiger partial charge in [0.1, 0.15) is 11.5 Å². The molecule has 1 aromatic carbocycles. The Morgan fingerprint density at radius 3 is 2.53 bits per heavy atom. The molecule has 3 rings (SSSR count). The summed E-state index contributed by atoms with van der Waals surface area (Å²) in [6, 6.07) is 12.5. The minimum Gasteiger partial charge on any atom is -0.265 e. The molecule has 0 N–H and O–H groups in total. The Kier molecular flexibility index (Phi) is 2.29. The molecule has 2 aromatic heterocycles. The van der Waals surface area contributed by atoms with Gasteiger partial charge in [0, 0.05) is 23.3 Å². The van der Waals surface area contributed by atoms with Crippen LogP contribution in [0.15, 0.2) is 54.9 Å². The molecule has 2 nitrogen and oxygen atoms in total.